The summed E-state index contributed by atoms with van der Waals surface area (Å²) >= 11 is 0. The Labute approximate surface area is 389 Å². The maximum atomic E-state index is 12.4. The predicted octanol–water partition coefficient (Wildman–Crippen LogP) is 16.9. The molecule has 0 saturated carbocycles. The number of hydrogen-bond acceptors (Lipinski definition) is 3. The van der Waals surface area contributed by atoms with Gasteiger partial charge in [0.05, 0.1) is 18.8 Å². The molecule has 354 valence electrons. The van der Waals surface area contributed by atoms with E-state index in [1.165, 1.54) is 70.6 Å². The smallest absolute Gasteiger partial charge is 0.220 e. The van der Waals surface area contributed by atoms with E-state index in [0.29, 0.717) is 6.42 Å². The quantitative estimate of drug-likeness (QED) is 0.0422. The number of rotatable bonds is 44. The minimum Gasteiger partial charge on any atom is -0.394 e. The number of aliphatic hydroxyl groups excluding tert-OH is 2. The van der Waals surface area contributed by atoms with Gasteiger partial charge in [-0.2, -0.15) is 0 Å². The van der Waals surface area contributed by atoms with Gasteiger partial charge in [0, 0.05) is 6.42 Å². The highest BCUT2D eigenvalue weighted by molar-refractivity contribution is 5.76. The molecule has 0 radical (unpaired) electrons. The van der Waals surface area contributed by atoms with Crippen molar-refractivity contribution in [2.24, 2.45) is 0 Å². The van der Waals surface area contributed by atoms with Crippen molar-refractivity contribution in [2.75, 3.05) is 6.61 Å². The van der Waals surface area contributed by atoms with Gasteiger partial charge < -0.3 is 15.5 Å². The molecular formula is C59H95NO3. The molecule has 0 saturated heterocycles. The Bertz CT molecular complexity index is 1350. The lowest BCUT2D eigenvalue weighted by Crippen LogP contribution is -2.45. The molecule has 0 rings (SSSR count). The largest absolute Gasteiger partial charge is 0.394 e. The molecule has 0 aromatic rings. The topological polar surface area (TPSA) is 69.6 Å². The number of allylic oxidation sites excluding steroid dienone is 23. The van der Waals surface area contributed by atoms with Gasteiger partial charge in [0.2, 0.25) is 5.91 Å². The molecule has 4 heteroatoms. The maximum absolute atomic E-state index is 12.4. The van der Waals surface area contributed by atoms with Crippen LogP contribution in [0.2, 0.25) is 0 Å². The van der Waals surface area contributed by atoms with Gasteiger partial charge in [-0.05, 0) is 103 Å². The zero-order valence-electron chi connectivity index (χ0n) is 40.5. The van der Waals surface area contributed by atoms with Crippen LogP contribution in [-0.2, 0) is 4.79 Å². The van der Waals surface area contributed by atoms with E-state index in [2.05, 4.69) is 153 Å². The van der Waals surface area contributed by atoms with Crippen LogP contribution in [0, 0.1) is 0 Å². The van der Waals surface area contributed by atoms with Gasteiger partial charge in [-0.1, -0.05) is 237 Å². The van der Waals surface area contributed by atoms with Crippen molar-refractivity contribution in [3.05, 3.63) is 146 Å². The Balaban J connectivity index is 3.67. The second kappa shape index (κ2) is 52.6. The standard InChI is InChI=1S/C59H95NO3/c1-3-5-7-9-11-13-15-16-17-18-19-20-21-22-23-24-25-26-27-28-29-30-31-32-33-34-35-36-37-38-39-40-41-42-43-44-45-47-49-51-53-55-59(63)60-57(56-61)58(62)54-52-50-48-46-14-12-10-8-6-4-2/h5,7,11,13,16-17,19-20,22-23,25-26,28-29,31-32,34-35,37-38,40-41,52,54,57-58,61-62H,3-4,6,8-10,12,14-15,18,21,24,27,30,33,36,39,42-51,53,55-56H2,1-2H3,(H,60,63)/b7-5-,13-11-,17-16-,20-19-,23-22-,26-25-,29-28-,32-31-,35-34-,38-37-,41-40-,54-52+. The number of hydrogen-bond donors (Lipinski definition) is 3. The fraction of sp³-hybridized carbons (Fsp3) is 0.576. The first-order chi connectivity index (χ1) is 31.2. The summed E-state index contributed by atoms with van der Waals surface area (Å²) in [6.45, 7) is 4.15. The van der Waals surface area contributed by atoms with Gasteiger partial charge in [0.1, 0.15) is 0 Å². The van der Waals surface area contributed by atoms with Crippen molar-refractivity contribution in [3.8, 4) is 0 Å². The third-order valence-corrected chi connectivity index (χ3v) is 10.6. The van der Waals surface area contributed by atoms with Crippen LogP contribution in [0.15, 0.2) is 146 Å². The van der Waals surface area contributed by atoms with Gasteiger partial charge in [-0.25, -0.2) is 0 Å². The molecule has 0 aliphatic rings. The molecule has 0 spiro atoms. The molecular weight excluding hydrogens is 771 g/mol. The van der Waals surface area contributed by atoms with Crippen LogP contribution in [0.1, 0.15) is 200 Å². The third-order valence-electron chi connectivity index (χ3n) is 10.6. The van der Waals surface area contributed by atoms with E-state index in [-0.39, 0.29) is 12.5 Å². The van der Waals surface area contributed by atoms with Crippen molar-refractivity contribution < 1.29 is 15.0 Å². The predicted molar refractivity (Wildman–Crippen MR) is 280 cm³/mol. The van der Waals surface area contributed by atoms with E-state index in [1.54, 1.807) is 6.08 Å². The summed E-state index contributed by atoms with van der Waals surface area (Å²) in [7, 11) is 0. The molecule has 0 aliphatic heterocycles. The molecule has 3 N–H and O–H groups in total. The first-order valence-electron chi connectivity index (χ1n) is 25.5. The second-order valence-corrected chi connectivity index (χ2v) is 16.5. The van der Waals surface area contributed by atoms with Crippen molar-refractivity contribution in [1.29, 1.82) is 0 Å². The first kappa shape index (κ1) is 59.3. The average molecular weight is 866 g/mol. The highest BCUT2D eigenvalue weighted by Gasteiger charge is 2.17. The number of nitrogens with one attached hydrogen (secondary N) is 1. The molecule has 0 aliphatic carbocycles. The molecule has 4 nitrogen and oxygen atoms in total. The highest BCUT2D eigenvalue weighted by Crippen LogP contribution is 2.12. The van der Waals surface area contributed by atoms with E-state index in [0.717, 1.165) is 109 Å². The number of amides is 1. The van der Waals surface area contributed by atoms with Gasteiger partial charge >= 0.3 is 0 Å². The summed E-state index contributed by atoms with van der Waals surface area (Å²) in [5.41, 5.74) is 0. The van der Waals surface area contributed by atoms with Crippen LogP contribution < -0.4 is 5.32 Å². The fourth-order valence-electron chi connectivity index (χ4n) is 6.71. The van der Waals surface area contributed by atoms with Crippen molar-refractivity contribution in [2.45, 2.75) is 212 Å². The molecule has 0 aromatic heterocycles. The van der Waals surface area contributed by atoms with Crippen LogP contribution in [0.3, 0.4) is 0 Å². The van der Waals surface area contributed by atoms with E-state index < -0.39 is 12.1 Å². The van der Waals surface area contributed by atoms with Crippen LogP contribution >= 0.6 is 0 Å². The second-order valence-electron chi connectivity index (χ2n) is 16.5. The van der Waals surface area contributed by atoms with Crippen LogP contribution in [-0.4, -0.2) is 34.9 Å². The van der Waals surface area contributed by atoms with E-state index in [9.17, 15) is 15.0 Å². The van der Waals surface area contributed by atoms with Gasteiger partial charge in [-0.15, -0.1) is 0 Å². The summed E-state index contributed by atoms with van der Waals surface area (Å²) in [5, 5.41) is 22.9. The zero-order chi connectivity index (χ0) is 45.6. The van der Waals surface area contributed by atoms with Gasteiger partial charge in [0.25, 0.3) is 0 Å². The minimum atomic E-state index is -0.851. The fourth-order valence-corrected chi connectivity index (χ4v) is 6.71. The lowest BCUT2D eigenvalue weighted by Gasteiger charge is -2.20. The summed E-state index contributed by atoms with van der Waals surface area (Å²) in [6.07, 6.45) is 84.1. The molecule has 2 atom stereocenters. The molecule has 0 aromatic carbocycles. The monoisotopic (exact) mass is 866 g/mol. The molecule has 2 unspecified atom stereocenters. The third kappa shape index (κ3) is 49.1. The van der Waals surface area contributed by atoms with Crippen LogP contribution in [0.5, 0.6) is 0 Å². The number of aliphatic hydroxyl groups is 2. The minimum absolute atomic E-state index is 0.0844. The average Bonchev–Trinajstić information content (AvgIpc) is 3.29. The Morgan fingerprint density at radius 3 is 1.05 bits per heavy atom. The van der Waals surface area contributed by atoms with Crippen LogP contribution in [0.25, 0.3) is 0 Å². The molecule has 1 amide bonds. The van der Waals surface area contributed by atoms with Crippen molar-refractivity contribution >= 4 is 5.91 Å². The lowest BCUT2D eigenvalue weighted by atomic mass is 10.1. The normalized spacial score (nSPS) is 14.2. The summed E-state index contributed by atoms with van der Waals surface area (Å²) in [5.74, 6) is -0.0844. The zero-order valence-corrected chi connectivity index (χ0v) is 40.5. The molecule has 63 heavy (non-hydrogen) atoms. The molecule has 0 bridgehead atoms. The number of carbonyl (C=O) groups is 1. The Morgan fingerprint density at radius 2 is 0.698 bits per heavy atom. The van der Waals surface area contributed by atoms with Crippen LogP contribution in [0.4, 0.5) is 0 Å². The van der Waals surface area contributed by atoms with Gasteiger partial charge in [0.15, 0.2) is 0 Å². The van der Waals surface area contributed by atoms with E-state index in [4.69, 9.17) is 0 Å². The maximum Gasteiger partial charge on any atom is 0.220 e. The Morgan fingerprint density at radius 1 is 0.397 bits per heavy atom. The Hall–Kier alpha value is -3.73. The SMILES string of the molecule is CC/C=C\C/C=C\C/C=C\C/C=C\C/C=C\C/C=C\C/C=C\C/C=C\C/C=C\C/C=C\C/C=C\CCCCCCCCCC(=O)NC(CO)C(O)/C=C/CCCCCCCCCC. The van der Waals surface area contributed by atoms with E-state index >= 15 is 0 Å². The van der Waals surface area contributed by atoms with Crippen molar-refractivity contribution in [3.63, 3.8) is 0 Å². The number of carbonyl (C=O) groups excluding carboxylic acids is 1. The molecule has 0 fully saturated rings. The first-order valence-corrected chi connectivity index (χ1v) is 25.5. The lowest BCUT2D eigenvalue weighted by molar-refractivity contribution is -0.123. The molecule has 0 heterocycles. The summed E-state index contributed by atoms with van der Waals surface area (Å²) < 4.78 is 0. The number of unbranched alkanes of at least 4 members (excludes halogenated alkanes) is 15. The summed E-state index contributed by atoms with van der Waals surface area (Å²) in [4.78, 5) is 12.4. The van der Waals surface area contributed by atoms with Gasteiger partial charge in [-0.3, -0.25) is 4.79 Å². The highest BCUT2D eigenvalue weighted by atomic mass is 16.3. The van der Waals surface area contributed by atoms with Crippen molar-refractivity contribution in [1.82, 2.24) is 5.32 Å². The summed E-state index contributed by atoms with van der Waals surface area (Å²) in [6, 6.07) is -0.636. The van der Waals surface area contributed by atoms with E-state index in [1.807, 2.05) is 6.08 Å². The Kier molecular flexibility index (Phi) is 49.5.